The molecule has 1 aliphatic rings. The summed E-state index contributed by atoms with van der Waals surface area (Å²) >= 11 is 13.8. The van der Waals surface area contributed by atoms with Gasteiger partial charge in [-0.1, -0.05) is 40.9 Å². The highest BCUT2D eigenvalue weighted by molar-refractivity contribution is 14.1. The zero-order valence-electron chi connectivity index (χ0n) is 19.6. The monoisotopic (exact) mass is 686 g/mol. The van der Waals surface area contributed by atoms with Crippen LogP contribution in [-0.4, -0.2) is 33.4 Å². The Bertz CT molecular complexity index is 1620. The predicted octanol–water partition coefficient (Wildman–Crippen LogP) is 5.35. The fourth-order valence-electron chi connectivity index (χ4n) is 3.45. The smallest absolute Gasteiger partial charge is 0.339 e. The minimum atomic E-state index is -4.18. The number of halogens is 3. The first-order valence-electron chi connectivity index (χ1n) is 10.7. The van der Waals surface area contributed by atoms with Crippen LogP contribution in [0.15, 0.2) is 65.1 Å². The van der Waals surface area contributed by atoms with Gasteiger partial charge in [0.2, 0.25) is 0 Å². The summed E-state index contributed by atoms with van der Waals surface area (Å²) < 4.78 is 36.7. The quantitative estimate of drug-likeness (QED) is 0.161. The molecule has 3 aromatic rings. The number of methoxy groups -OCH3 is 1. The number of anilines is 1. The first-order chi connectivity index (χ1) is 17.9. The number of nitrogens with zero attached hydrogens (tertiary/aromatic N) is 1. The molecule has 38 heavy (non-hydrogen) atoms. The van der Waals surface area contributed by atoms with Crippen LogP contribution in [0.2, 0.25) is 10.0 Å². The number of urea groups is 1. The standard InChI is InChI=1S/C25H17Cl2IN2O7S/c1-13-3-6-16(7-4-13)38(34,35)37-22-20(28)10-14(11-21(22)36-2)9-17-23(31)29-25(33)30(24(17)32)15-5-8-18(26)19(27)12-15/h3-12H,1-2H3,(H,29,31,33)/b17-9+. The van der Waals surface area contributed by atoms with Crippen molar-refractivity contribution in [3.8, 4) is 11.5 Å². The van der Waals surface area contributed by atoms with Gasteiger partial charge in [0.25, 0.3) is 11.8 Å². The van der Waals surface area contributed by atoms with Crippen molar-refractivity contribution in [2.24, 2.45) is 0 Å². The van der Waals surface area contributed by atoms with Crippen LogP contribution in [0.1, 0.15) is 11.1 Å². The summed E-state index contributed by atoms with van der Waals surface area (Å²) in [6.07, 6.45) is 1.25. The SMILES string of the molecule is COc1cc(/C=C2\C(=O)NC(=O)N(c3ccc(Cl)c(Cl)c3)C2=O)cc(I)c1OS(=O)(=O)c1ccc(C)cc1. The summed E-state index contributed by atoms with van der Waals surface area (Å²) in [5.41, 5.74) is 0.953. The van der Waals surface area contributed by atoms with Crippen LogP contribution in [-0.2, 0) is 19.7 Å². The third kappa shape index (κ3) is 5.65. The lowest BCUT2D eigenvalue weighted by molar-refractivity contribution is -0.122. The van der Waals surface area contributed by atoms with Crippen LogP contribution in [0.25, 0.3) is 6.08 Å². The lowest BCUT2D eigenvalue weighted by atomic mass is 10.1. The third-order valence-electron chi connectivity index (χ3n) is 5.33. The number of barbiturate groups is 1. The van der Waals surface area contributed by atoms with E-state index in [0.29, 0.717) is 9.13 Å². The molecule has 3 aromatic carbocycles. The van der Waals surface area contributed by atoms with E-state index in [1.54, 1.807) is 12.1 Å². The number of carbonyl (C=O) groups excluding carboxylic acids is 3. The van der Waals surface area contributed by atoms with Crippen molar-refractivity contribution >= 4 is 85.5 Å². The second kappa shape index (κ2) is 10.9. The van der Waals surface area contributed by atoms with Crippen molar-refractivity contribution in [3.63, 3.8) is 0 Å². The largest absolute Gasteiger partial charge is 0.493 e. The zero-order valence-corrected chi connectivity index (χ0v) is 24.1. The zero-order chi connectivity index (χ0) is 27.8. The van der Waals surface area contributed by atoms with Crippen molar-refractivity contribution < 1.29 is 31.7 Å². The Balaban J connectivity index is 1.70. The van der Waals surface area contributed by atoms with Crippen LogP contribution in [0, 0.1) is 10.5 Å². The van der Waals surface area contributed by atoms with Crippen LogP contribution >= 0.6 is 45.8 Å². The molecular formula is C25H17Cl2IN2O7S. The Kier molecular flexibility index (Phi) is 8.02. The van der Waals surface area contributed by atoms with E-state index in [1.165, 1.54) is 55.7 Å². The van der Waals surface area contributed by atoms with Crippen LogP contribution in [0.3, 0.4) is 0 Å². The van der Waals surface area contributed by atoms with Gasteiger partial charge in [-0.15, -0.1) is 0 Å². The lowest BCUT2D eigenvalue weighted by Crippen LogP contribution is -2.54. The molecule has 1 heterocycles. The summed E-state index contributed by atoms with van der Waals surface area (Å²) in [5, 5.41) is 2.45. The number of benzene rings is 3. The molecule has 13 heteroatoms. The summed E-state index contributed by atoms with van der Waals surface area (Å²) in [4.78, 5) is 38.9. The average molecular weight is 687 g/mol. The van der Waals surface area contributed by atoms with E-state index in [9.17, 15) is 22.8 Å². The molecule has 196 valence electrons. The number of carbonyl (C=O) groups is 3. The molecule has 0 spiro atoms. The first-order valence-corrected chi connectivity index (χ1v) is 13.9. The molecule has 1 fully saturated rings. The summed E-state index contributed by atoms with van der Waals surface area (Å²) in [6, 6.07) is 12.2. The maximum Gasteiger partial charge on any atom is 0.339 e. The van der Waals surface area contributed by atoms with Crippen molar-refractivity contribution in [2.75, 3.05) is 12.0 Å². The molecular weight excluding hydrogens is 670 g/mol. The van der Waals surface area contributed by atoms with Gasteiger partial charge < -0.3 is 8.92 Å². The van der Waals surface area contributed by atoms with E-state index in [0.717, 1.165) is 10.5 Å². The van der Waals surface area contributed by atoms with Crippen LogP contribution in [0.4, 0.5) is 10.5 Å². The second-order valence-electron chi connectivity index (χ2n) is 7.94. The minimum absolute atomic E-state index is 0.0383. The van der Waals surface area contributed by atoms with Gasteiger partial charge in [0.05, 0.1) is 26.4 Å². The number of amides is 4. The Labute approximate surface area is 241 Å². The molecule has 0 aromatic heterocycles. The van der Waals surface area contributed by atoms with Gasteiger partial charge in [0.1, 0.15) is 10.5 Å². The van der Waals surface area contributed by atoms with Gasteiger partial charge in [0.15, 0.2) is 11.5 Å². The average Bonchev–Trinajstić information content (AvgIpc) is 2.85. The lowest BCUT2D eigenvalue weighted by Gasteiger charge is -2.26. The highest BCUT2D eigenvalue weighted by Crippen LogP contribution is 2.37. The maximum atomic E-state index is 13.2. The number of aryl methyl sites for hydroxylation is 1. The summed E-state index contributed by atoms with van der Waals surface area (Å²) in [6.45, 7) is 1.83. The molecule has 0 aliphatic carbocycles. The molecule has 1 N–H and O–H groups in total. The number of imide groups is 2. The number of hydrogen-bond acceptors (Lipinski definition) is 7. The van der Waals surface area contributed by atoms with Gasteiger partial charge in [0, 0.05) is 0 Å². The fraction of sp³-hybridized carbons (Fsp3) is 0.0800. The number of hydrogen-bond donors (Lipinski definition) is 1. The minimum Gasteiger partial charge on any atom is -0.493 e. The van der Waals surface area contributed by atoms with Gasteiger partial charge >= 0.3 is 16.1 Å². The Morgan fingerprint density at radius 3 is 2.29 bits per heavy atom. The van der Waals surface area contributed by atoms with Gasteiger partial charge in [-0.05, 0) is 83.6 Å². The van der Waals surface area contributed by atoms with Crippen molar-refractivity contribution in [1.82, 2.24) is 5.32 Å². The van der Waals surface area contributed by atoms with Crippen LogP contribution in [0.5, 0.6) is 11.5 Å². The molecule has 1 saturated heterocycles. The van der Waals surface area contributed by atoms with Crippen molar-refractivity contribution in [3.05, 3.63) is 84.9 Å². The van der Waals surface area contributed by atoms with E-state index in [2.05, 4.69) is 5.32 Å². The molecule has 9 nitrogen and oxygen atoms in total. The molecule has 0 bridgehead atoms. The highest BCUT2D eigenvalue weighted by atomic mass is 127. The summed E-state index contributed by atoms with van der Waals surface area (Å²) in [5.74, 6) is -1.83. The number of nitrogens with one attached hydrogen (secondary N) is 1. The van der Waals surface area contributed by atoms with Crippen molar-refractivity contribution in [2.45, 2.75) is 11.8 Å². The predicted molar refractivity (Wildman–Crippen MR) is 150 cm³/mol. The second-order valence-corrected chi connectivity index (χ2v) is 11.5. The van der Waals surface area contributed by atoms with Crippen LogP contribution < -0.4 is 19.1 Å². The van der Waals surface area contributed by atoms with E-state index >= 15 is 0 Å². The maximum absolute atomic E-state index is 13.2. The molecule has 0 radical (unpaired) electrons. The van der Waals surface area contributed by atoms with Crippen molar-refractivity contribution in [1.29, 1.82) is 0 Å². The van der Waals surface area contributed by atoms with Gasteiger partial charge in [-0.3, -0.25) is 14.9 Å². The first kappa shape index (κ1) is 27.9. The molecule has 0 atom stereocenters. The molecule has 0 unspecified atom stereocenters. The van der Waals surface area contributed by atoms with E-state index in [4.69, 9.17) is 32.1 Å². The van der Waals surface area contributed by atoms with Gasteiger partial charge in [-0.2, -0.15) is 8.42 Å². The number of rotatable bonds is 6. The Morgan fingerprint density at radius 2 is 1.66 bits per heavy atom. The molecule has 0 saturated carbocycles. The van der Waals surface area contributed by atoms with E-state index in [-0.39, 0.29) is 37.7 Å². The third-order valence-corrected chi connectivity index (χ3v) is 8.10. The summed E-state index contributed by atoms with van der Waals surface area (Å²) in [7, 11) is -2.86. The fourth-order valence-corrected chi connectivity index (χ4v) is 5.58. The normalized spacial score (nSPS) is 15.0. The van der Waals surface area contributed by atoms with E-state index in [1.807, 2.05) is 29.5 Å². The Hall–Kier alpha value is -3.13. The topological polar surface area (TPSA) is 119 Å². The van der Waals surface area contributed by atoms with Gasteiger partial charge in [-0.25, -0.2) is 9.69 Å². The Morgan fingerprint density at radius 1 is 0.974 bits per heavy atom. The molecule has 4 amide bonds. The molecule has 1 aliphatic heterocycles. The highest BCUT2D eigenvalue weighted by Gasteiger charge is 2.37. The van der Waals surface area contributed by atoms with E-state index < -0.39 is 28.0 Å². The molecule has 4 rings (SSSR count). The number of ether oxygens (including phenoxy) is 1.